The fourth-order valence-electron chi connectivity index (χ4n) is 4.16. The van der Waals surface area contributed by atoms with E-state index in [1.807, 2.05) is 42.5 Å². The molecule has 2 aliphatic rings. The number of benzene rings is 3. The van der Waals surface area contributed by atoms with Crippen molar-refractivity contribution in [3.63, 3.8) is 0 Å². The summed E-state index contributed by atoms with van der Waals surface area (Å²) in [5.74, 6) is -0.772. The maximum absolute atomic E-state index is 13.2. The van der Waals surface area contributed by atoms with Gasteiger partial charge in [0.05, 0.1) is 18.2 Å². The molecule has 0 aromatic heterocycles. The molecule has 1 saturated heterocycles. The highest BCUT2D eigenvalue weighted by Crippen LogP contribution is 2.43. The van der Waals surface area contributed by atoms with Crippen LogP contribution in [0.25, 0.3) is 5.76 Å². The minimum atomic E-state index is -0.736. The Balaban J connectivity index is 1.70. The summed E-state index contributed by atoms with van der Waals surface area (Å²) in [5, 5.41) is 11.2. The van der Waals surface area contributed by atoms with E-state index in [0.29, 0.717) is 17.9 Å². The minimum absolute atomic E-state index is 0.0787. The lowest BCUT2D eigenvalue weighted by Crippen LogP contribution is -2.29. The van der Waals surface area contributed by atoms with Crippen LogP contribution in [0.2, 0.25) is 0 Å². The average molecular weight is 476 g/mol. The number of Topliss-reactive ketones (excluding diaryl/α,β-unsaturated/α-hetero) is 1. The monoisotopic (exact) mass is 475 g/mol. The molecule has 3 aromatic carbocycles. The topological polar surface area (TPSA) is 66.8 Å². The third kappa shape index (κ3) is 3.33. The van der Waals surface area contributed by atoms with E-state index in [1.54, 1.807) is 30.3 Å². The van der Waals surface area contributed by atoms with Crippen molar-refractivity contribution >= 4 is 39.1 Å². The van der Waals surface area contributed by atoms with E-state index in [0.717, 1.165) is 27.8 Å². The molecule has 0 spiro atoms. The third-order valence-electron chi connectivity index (χ3n) is 5.61. The maximum Gasteiger partial charge on any atom is 0.300 e. The van der Waals surface area contributed by atoms with Crippen LogP contribution in [0.1, 0.15) is 22.7 Å². The Morgan fingerprint density at radius 1 is 1.00 bits per heavy atom. The van der Waals surface area contributed by atoms with Crippen molar-refractivity contribution in [2.45, 2.75) is 12.5 Å². The first-order valence-corrected chi connectivity index (χ1v) is 10.7. The Morgan fingerprint density at radius 3 is 2.58 bits per heavy atom. The molecule has 2 aliphatic heterocycles. The van der Waals surface area contributed by atoms with E-state index in [4.69, 9.17) is 4.74 Å². The molecule has 5 nitrogen and oxygen atoms in total. The smallest absolute Gasteiger partial charge is 0.300 e. The highest BCUT2D eigenvalue weighted by Gasteiger charge is 2.47. The zero-order valence-corrected chi connectivity index (χ0v) is 18.0. The lowest BCUT2D eigenvalue weighted by Gasteiger charge is -2.25. The molecule has 154 valence electrons. The zero-order valence-electron chi connectivity index (χ0n) is 16.4. The Labute approximate surface area is 187 Å². The Hall–Kier alpha value is -3.38. The third-order valence-corrected chi connectivity index (χ3v) is 6.10. The number of halogens is 1. The van der Waals surface area contributed by atoms with Crippen LogP contribution in [0.4, 0.5) is 5.69 Å². The van der Waals surface area contributed by atoms with Gasteiger partial charge in [0, 0.05) is 22.1 Å². The van der Waals surface area contributed by atoms with Crippen LogP contribution in [0.5, 0.6) is 5.75 Å². The molecule has 0 aliphatic carbocycles. The number of aliphatic hydroxyl groups excluding tert-OH is 1. The summed E-state index contributed by atoms with van der Waals surface area (Å²) in [5.41, 5.74) is 2.87. The van der Waals surface area contributed by atoms with Gasteiger partial charge >= 0.3 is 0 Å². The van der Waals surface area contributed by atoms with Crippen molar-refractivity contribution in [2.24, 2.45) is 0 Å². The molecule has 2 heterocycles. The molecular weight excluding hydrogens is 458 g/mol. The second kappa shape index (κ2) is 7.71. The van der Waals surface area contributed by atoms with Gasteiger partial charge in [0.15, 0.2) is 0 Å². The van der Waals surface area contributed by atoms with E-state index in [9.17, 15) is 14.7 Å². The van der Waals surface area contributed by atoms with Gasteiger partial charge in [-0.25, -0.2) is 0 Å². The predicted molar refractivity (Wildman–Crippen MR) is 121 cm³/mol. The average Bonchev–Trinajstić information content (AvgIpc) is 3.36. The summed E-state index contributed by atoms with van der Waals surface area (Å²) in [6, 6.07) is 21.1. The Morgan fingerprint density at radius 2 is 1.81 bits per heavy atom. The number of anilines is 1. The van der Waals surface area contributed by atoms with Gasteiger partial charge < -0.3 is 9.84 Å². The number of amides is 1. The largest absolute Gasteiger partial charge is 0.507 e. The molecule has 3 aromatic rings. The summed E-state index contributed by atoms with van der Waals surface area (Å²) >= 11 is 3.43. The second-order valence-electron chi connectivity index (χ2n) is 7.48. The van der Waals surface area contributed by atoms with Crippen LogP contribution >= 0.6 is 15.9 Å². The van der Waals surface area contributed by atoms with Gasteiger partial charge in [-0.2, -0.15) is 0 Å². The van der Waals surface area contributed by atoms with Crippen molar-refractivity contribution in [3.8, 4) is 5.75 Å². The lowest BCUT2D eigenvalue weighted by molar-refractivity contribution is -0.132. The minimum Gasteiger partial charge on any atom is -0.507 e. The molecule has 0 radical (unpaired) electrons. The normalized spacial score (nSPS) is 19.4. The molecule has 0 saturated carbocycles. The summed E-state index contributed by atoms with van der Waals surface area (Å²) in [7, 11) is 0. The number of carbonyl (C=O) groups excluding carboxylic acids is 2. The highest BCUT2D eigenvalue weighted by molar-refractivity contribution is 9.10. The number of ketones is 1. The van der Waals surface area contributed by atoms with Crippen molar-refractivity contribution in [1.82, 2.24) is 0 Å². The molecule has 6 heteroatoms. The van der Waals surface area contributed by atoms with Crippen LogP contribution < -0.4 is 9.64 Å². The van der Waals surface area contributed by atoms with Crippen LogP contribution in [-0.2, 0) is 16.0 Å². The molecule has 1 fully saturated rings. The predicted octanol–water partition coefficient (Wildman–Crippen LogP) is 5.01. The standard InChI is InChI=1S/C25H18BrNO4/c26-18-7-4-8-19(14-18)27-22(15-5-2-1-3-6-15)21(24(29)25(27)30)23(28)17-9-10-20-16(13-17)11-12-31-20/h1-10,13-14,22,28H,11-12H2/b23-21-. The summed E-state index contributed by atoms with van der Waals surface area (Å²) in [6.07, 6.45) is 0.741. The summed E-state index contributed by atoms with van der Waals surface area (Å²) < 4.78 is 6.33. The lowest BCUT2D eigenvalue weighted by atomic mass is 9.94. The number of carbonyl (C=O) groups is 2. The van der Waals surface area contributed by atoms with Gasteiger partial charge in [-0.1, -0.05) is 52.3 Å². The molecule has 0 bridgehead atoms. The van der Waals surface area contributed by atoms with Gasteiger partial charge in [-0.3, -0.25) is 14.5 Å². The van der Waals surface area contributed by atoms with E-state index >= 15 is 0 Å². The molecule has 1 amide bonds. The van der Waals surface area contributed by atoms with Crippen molar-refractivity contribution in [1.29, 1.82) is 0 Å². The van der Waals surface area contributed by atoms with E-state index in [1.165, 1.54) is 4.90 Å². The van der Waals surface area contributed by atoms with Crippen molar-refractivity contribution in [2.75, 3.05) is 11.5 Å². The Kier molecular flexibility index (Phi) is 4.87. The number of hydrogen-bond donors (Lipinski definition) is 1. The molecule has 31 heavy (non-hydrogen) atoms. The van der Waals surface area contributed by atoms with Crippen molar-refractivity contribution < 1.29 is 19.4 Å². The Bertz CT molecular complexity index is 1240. The SMILES string of the molecule is O=C1C(=O)N(c2cccc(Br)c2)C(c2ccccc2)/C1=C(/O)c1ccc2c(c1)CCO2. The second-order valence-corrected chi connectivity index (χ2v) is 8.40. The van der Waals surface area contributed by atoms with E-state index in [2.05, 4.69) is 15.9 Å². The zero-order chi connectivity index (χ0) is 21.5. The number of nitrogens with zero attached hydrogens (tertiary/aromatic N) is 1. The first kappa shape index (κ1) is 19.6. The number of aliphatic hydroxyl groups is 1. The van der Waals surface area contributed by atoms with Crippen LogP contribution in [0.3, 0.4) is 0 Å². The van der Waals surface area contributed by atoms with Crippen molar-refractivity contribution in [3.05, 3.63) is 99.5 Å². The fraction of sp³-hybridized carbons (Fsp3) is 0.120. The summed E-state index contributed by atoms with van der Waals surface area (Å²) in [6.45, 7) is 0.594. The molecule has 1 atom stereocenters. The van der Waals surface area contributed by atoms with Crippen LogP contribution in [0, 0.1) is 0 Å². The van der Waals surface area contributed by atoms with Gasteiger partial charge in [0.2, 0.25) is 0 Å². The number of rotatable bonds is 3. The first-order valence-electron chi connectivity index (χ1n) is 9.92. The quantitative estimate of drug-likeness (QED) is 0.328. The van der Waals surface area contributed by atoms with Gasteiger partial charge in [-0.05, 0) is 47.5 Å². The first-order chi connectivity index (χ1) is 15.0. The van der Waals surface area contributed by atoms with E-state index in [-0.39, 0.29) is 11.3 Å². The van der Waals surface area contributed by atoms with Gasteiger partial charge in [0.25, 0.3) is 11.7 Å². The highest BCUT2D eigenvalue weighted by atomic mass is 79.9. The fourth-order valence-corrected chi connectivity index (χ4v) is 4.55. The van der Waals surface area contributed by atoms with Crippen LogP contribution in [-0.4, -0.2) is 23.4 Å². The van der Waals surface area contributed by atoms with E-state index < -0.39 is 17.7 Å². The maximum atomic E-state index is 13.2. The number of ether oxygens (including phenoxy) is 1. The molecule has 5 rings (SSSR count). The molecule has 1 unspecified atom stereocenters. The summed E-state index contributed by atoms with van der Waals surface area (Å²) in [4.78, 5) is 27.7. The molecular formula is C25H18BrNO4. The van der Waals surface area contributed by atoms with Gasteiger partial charge in [0.1, 0.15) is 11.5 Å². The number of fused-ring (bicyclic) bond motifs is 1. The molecule has 1 N–H and O–H groups in total. The van der Waals surface area contributed by atoms with Crippen LogP contribution in [0.15, 0.2) is 82.8 Å². The number of hydrogen-bond acceptors (Lipinski definition) is 4. The van der Waals surface area contributed by atoms with Gasteiger partial charge in [-0.15, -0.1) is 0 Å².